The number of carbonyl (C=O) groups is 2. The van der Waals surface area contributed by atoms with Crippen molar-refractivity contribution in [3.8, 4) is 0 Å². The first-order valence-corrected chi connectivity index (χ1v) is 7.39. The molecule has 2 unspecified atom stereocenters. The number of hydrogen-bond donors (Lipinski definition) is 2. The fourth-order valence-electron chi connectivity index (χ4n) is 2.56. The van der Waals surface area contributed by atoms with Gasteiger partial charge in [0.1, 0.15) is 6.04 Å². The SMILES string of the molecule is COCCCC(NC(=O)N(C)CC1CCCN1C)C(=O)O. The number of aliphatic carboxylic acids is 1. The molecule has 2 atom stereocenters. The second-order valence-electron chi connectivity index (χ2n) is 5.63. The molecule has 0 saturated carbocycles. The molecule has 122 valence electrons. The molecule has 1 aliphatic heterocycles. The highest BCUT2D eigenvalue weighted by Crippen LogP contribution is 2.15. The fraction of sp³-hybridized carbons (Fsp3) is 0.857. The Hall–Kier alpha value is -1.34. The zero-order valence-corrected chi connectivity index (χ0v) is 13.2. The average molecular weight is 301 g/mol. The van der Waals surface area contributed by atoms with Crippen molar-refractivity contribution in [3.63, 3.8) is 0 Å². The largest absolute Gasteiger partial charge is 0.480 e. The molecule has 2 N–H and O–H groups in total. The highest BCUT2D eigenvalue weighted by Gasteiger charge is 2.26. The zero-order chi connectivity index (χ0) is 15.8. The number of hydrogen-bond acceptors (Lipinski definition) is 4. The third-order valence-electron chi connectivity index (χ3n) is 3.94. The molecule has 21 heavy (non-hydrogen) atoms. The third kappa shape index (κ3) is 5.89. The van der Waals surface area contributed by atoms with Crippen molar-refractivity contribution in [2.45, 2.75) is 37.8 Å². The van der Waals surface area contributed by atoms with Gasteiger partial charge in [-0.3, -0.25) is 0 Å². The molecular weight excluding hydrogens is 274 g/mol. The number of likely N-dealkylation sites (N-methyl/N-ethyl adjacent to an activating group) is 2. The molecule has 1 rings (SSSR count). The molecule has 1 saturated heterocycles. The lowest BCUT2D eigenvalue weighted by molar-refractivity contribution is -0.139. The summed E-state index contributed by atoms with van der Waals surface area (Å²) in [6.45, 7) is 2.16. The molecule has 0 radical (unpaired) electrons. The minimum Gasteiger partial charge on any atom is -0.480 e. The Bertz CT molecular complexity index is 351. The van der Waals surface area contributed by atoms with E-state index >= 15 is 0 Å². The van der Waals surface area contributed by atoms with E-state index in [0.29, 0.717) is 32.0 Å². The van der Waals surface area contributed by atoms with E-state index in [1.165, 1.54) is 0 Å². The zero-order valence-electron chi connectivity index (χ0n) is 13.2. The van der Waals surface area contributed by atoms with Crippen LogP contribution in [0, 0.1) is 0 Å². The van der Waals surface area contributed by atoms with Crippen molar-refractivity contribution in [3.05, 3.63) is 0 Å². The summed E-state index contributed by atoms with van der Waals surface area (Å²) in [5.41, 5.74) is 0. The predicted molar refractivity (Wildman–Crippen MR) is 79.3 cm³/mol. The van der Waals surface area contributed by atoms with Crippen LogP contribution < -0.4 is 5.32 Å². The number of likely N-dealkylation sites (tertiary alicyclic amines) is 1. The van der Waals surface area contributed by atoms with Crippen LogP contribution in [-0.2, 0) is 9.53 Å². The van der Waals surface area contributed by atoms with Crippen molar-refractivity contribution < 1.29 is 19.4 Å². The van der Waals surface area contributed by atoms with Gasteiger partial charge in [-0.05, 0) is 39.3 Å². The van der Waals surface area contributed by atoms with E-state index in [1.807, 2.05) is 7.05 Å². The smallest absolute Gasteiger partial charge is 0.326 e. The predicted octanol–water partition coefficient (Wildman–Crippen LogP) is 0.602. The molecule has 1 aliphatic rings. The summed E-state index contributed by atoms with van der Waals surface area (Å²) in [7, 11) is 5.32. The molecule has 0 aromatic rings. The molecule has 0 bridgehead atoms. The van der Waals surface area contributed by atoms with Gasteiger partial charge >= 0.3 is 12.0 Å². The van der Waals surface area contributed by atoms with E-state index in [-0.39, 0.29) is 6.03 Å². The monoisotopic (exact) mass is 301 g/mol. The van der Waals surface area contributed by atoms with Gasteiger partial charge < -0.3 is 25.0 Å². The summed E-state index contributed by atoms with van der Waals surface area (Å²) in [6, 6.07) is -0.839. The number of nitrogens with zero attached hydrogens (tertiary/aromatic N) is 2. The molecule has 1 fully saturated rings. The number of amides is 2. The number of carbonyl (C=O) groups excluding carboxylic acids is 1. The molecular formula is C14H27N3O4. The number of urea groups is 1. The van der Waals surface area contributed by atoms with E-state index in [4.69, 9.17) is 9.84 Å². The van der Waals surface area contributed by atoms with Crippen LogP contribution in [0.1, 0.15) is 25.7 Å². The minimum absolute atomic E-state index is 0.333. The first-order chi connectivity index (χ1) is 9.95. The third-order valence-corrected chi connectivity index (χ3v) is 3.94. The molecule has 0 spiro atoms. The van der Waals surface area contributed by atoms with Gasteiger partial charge in [0.15, 0.2) is 0 Å². The van der Waals surface area contributed by atoms with Crippen LogP contribution in [0.4, 0.5) is 4.79 Å². The lowest BCUT2D eigenvalue weighted by Gasteiger charge is -2.27. The van der Waals surface area contributed by atoms with E-state index in [1.54, 1.807) is 19.1 Å². The van der Waals surface area contributed by atoms with Gasteiger partial charge in [-0.15, -0.1) is 0 Å². The van der Waals surface area contributed by atoms with Gasteiger partial charge in [0.05, 0.1) is 0 Å². The number of ether oxygens (including phenoxy) is 1. The standard InChI is InChI=1S/C14H27N3O4/c1-16-8-4-6-11(16)10-17(2)14(20)15-12(13(18)19)7-5-9-21-3/h11-12H,4-10H2,1-3H3,(H,15,20)(H,18,19). The number of nitrogens with one attached hydrogen (secondary N) is 1. The molecule has 0 aromatic carbocycles. The lowest BCUT2D eigenvalue weighted by Crippen LogP contribution is -2.49. The maximum absolute atomic E-state index is 12.1. The molecule has 7 heteroatoms. The van der Waals surface area contributed by atoms with Gasteiger partial charge in [0, 0.05) is 33.4 Å². The summed E-state index contributed by atoms with van der Waals surface area (Å²) >= 11 is 0. The van der Waals surface area contributed by atoms with Crippen LogP contribution in [0.15, 0.2) is 0 Å². The molecule has 1 heterocycles. The first-order valence-electron chi connectivity index (χ1n) is 7.39. The highest BCUT2D eigenvalue weighted by molar-refractivity contribution is 5.82. The Balaban J connectivity index is 2.42. The Morgan fingerprint density at radius 1 is 1.52 bits per heavy atom. The topological polar surface area (TPSA) is 82.1 Å². The van der Waals surface area contributed by atoms with Gasteiger partial charge in [-0.25, -0.2) is 9.59 Å². The van der Waals surface area contributed by atoms with Gasteiger partial charge in [0.25, 0.3) is 0 Å². The number of methoxy groups -OCH3 is 1. The second kappa shape index (κ2) is 8.84. The summed E-state index contributed by atoms with van der Waals surface area (Å²) < 4.78 is 4.90. The number of carboxylic acids is 1. The fourth-order valence-corrected chi connectivity index (χ4v) is 2.56. The van der Waals surface area contributed by atoms with Crippen LogP contribution in [-0.4, -0.2) is 79.9 Å². The van der Waals surface area contributed by atoms with E-state index in [9.17, 15) is 9.59 Å². The molecule has 0 aliphatic carbocycles. The van der Waals surface area contributed by atoms with Crippen LogP contribution in [0.2, 0.25) is 0 Å². The van der Waals surface area contributed by atoms with E-state index in [0.717, 1.165) is 19.4 Å². The summed E-state index contributed by atoms with van der Waals surface area (Å²) in [5, 5.41) is 11.7. The summed E-state index contributed by atoms with van der Waals surface area (Å²) in [4.78, 5) is 27.1. The van der Waals surface area contributed by atoms with Gasteiger partial charge in [0.2, 0.25) is 0 Å². The Morgan fingerprint density at radius 3 is 2.76 bits per heavy atom. The normalized spacial score (nSPS) is 20.2. The van der Waals surface area contributed by atoms with Crippen LogP contribution in [0.25, 0.3) is 0 Å². The lowest BCUT2D eigenvalue weighted by atomic mass is 10.1. The van der Waals surface area contributed by atoms with Gasteiger partial charge in [-0.1, -0.05) is 0 Å². The molecule has 7 nitrogen and oxygen atoms in total. The minimum atomic E-state index is -1.01. The van der Waals surface area contributed by atoms with Crippen molar-refractivity contribution in [2.24, 2.45) is 0 Å². The maximum atomic E-state index is 12.1. The van der Waals surface area contributed by atoms with E-state index < -0.39 is 12.0 Å². The number of carboxylic acid groups (broad SMARTS) is 1. The summed E-state index contributed by atoms with van der Waals surface area (Å²) in [6.07, 6.45) is 3.19. The van der Waals surface area contributed by atoms with Crippen LogP contribution in [0.3, 0.4) is 0 Å². The van der Waals surface area contributed by atoms with Crippen molar-refractivity contribution in [1.82, 2.24) is 15.1 Å². The Morgan fingerprint density at radius 2 is 2.24 bits per heavy atom. The average Bonchev–Trinajstić information content (AvgIpc) is 2.83. The van der Waals surface area contributed by atoms with Crippen molar-refractivity contribution in [1.29, 1.82) is 0 Å². The van der Waals surface area contributed by atoms with Crippen molar-refractivity contribution in [2.75, 3.05) is 40.9 Å². The maximum Gasteiger partial charge on any atom is 0.326 e. The van der Waals surface area contributed by atoms with Gasteiger partial charge in [-0.2, -0.15) is 0 Å². The second-order valence-corrected chi connectivity index (χ2v) is 5.63. The number of rotatable bonds is 8. The first kappa shape index (κ1) is 17.7. The Labute approximate surface area is 126 Å². The summed E-state index contributed by atoms with van der Waals surface area (Å²) in [5.74, 6) is -1.01. The quantitative estimate of drug-likeness (QED) is 0.642. The highest BCUT2D eigenvalue weighted by atomic mass is 16.5. The van der Waals surface area contributed by atoms with E-state index in [2.05, 4.69) is 10.2 Å². The van der Waals surface area contributed by atoms with Crippen LogP contribution >= 0.6 is 0 Å². The molecule has 0 aromatic heterocycles. The van der Waals surface area contributed by atoms with Crippen molar-refractivity contribution >= 4 is 12.0 Å². The van der Waals surface area contributed by atoms with Crippen LogP contribution in [0.5, 0.6) is 0 Å². The molecule has 2 amide bonds. The Kier molecular flexibility index (Phi) is 7.45.